The molecule has 0 bridgehead atoms. The highest BCUT2D eigenvalue weighted by molar-refractivity contribution is 5.80. The Kier molecular flexibility index (Phi) is 7.03. The second-order valence-corrected chi connectivity index (χ2v) is 8.27. The number of carbonyl (C=O) groups is 1. The number of amides is 1. The summed E-state index contributed by atoms with van der Waals surface area (Å²) in [4.78, 5) is 15.0. The third kappa shape index (κ3) is 5.41. The van der Waals surface area contributed by atoms with Crippen LogP contribution in [0.2, 0.25) is 0 Å². The molecule has 1 fully saturated rings. The number of ether oxygens (including phenoxy) is 2. The molecule has 2 aliphatic rings. The Balaban J connectivity index is 1.32. The van der Waals surface area contributed by atoms with E-state index < -0.39 is 6.10 Å². The van der Waals surface area contributed by atoms with Gasteiger partial charge in [-0.2, -0.15) is 0 Å². The Morgan fingerprint density at radius 1 is 1.07 bits per heavy atom. The van der Waals surface area contributed by atoms with Gasteiger partial charge in [0.2, 0.25) is 0 Å². The van der Waals surface area contributed by atoms with Gasteiger partial charge in [-0.3, -0.25) is 9.69 Å². The lowest BCUT2D eigenvalue weighted by molar-refractivity contribution is -0.127. The predicted molar refractivity (Wildman–Crippen MR) is 118 cm³/mol. The lowest BCUT2D eigenvalue weighted by Crippen LogP contribution is -2.37. The van der Waals surface area contributed by atoms with Crippen molar-refractivity contribution in [2.45, 2.75) is 51.8 Å². The van der Waals surface area contributed by atoms with E-state index in [1.807, 2.05) is 19.1 Å². The molecule has 1 atom stereocenters. The summed E-state index contributed by atoms with van der Waals surface area (Å²) in [6.45, 7) is 6.69. The van der Waals surface area contributed by atoms with Crippen LogP contribution in [0.15, 0.2) is 42.5 Å². The first-order chi connectivity index (χ1) is 14.7. The normalized spacial score (nSPS) is 17.8. The Morgan fingerprint density at radius 3 is 2.60 bits per heavy atom. The van der Waals surface area contributed by atoms with E-state index in [1.54, 1.807) is 0 Å². The van der Waals surface area contributed by atoms with Crippen LogP contribution in [0.5, 0.6) is 5.75 Å². The van der Waals surface area contributed by atoms with Crippen LogP contribution in [-0.2, 0) is 35.5 Å². The Morgan fingerprint density at radius 2 is 1.80 bits per heavy atom. The largest absolute Gasteiger partial charge is 0.481 e. The molecule has 1 aliphatic carbocycles. The fourth-order valence-electron chi connectivity index (χ4n) is 4.25. The average molecular weight is 409 g/mol. The first kappa shape index (κ1) is 20.9. The highest BCUT2D eigenvalue weighted by Gasteiger charge is 2.17. The van der Waals surface area contributed by atoms with Crippen molar-refractivity contribution in [3.05, 3.63) is 64.7 Å². The molecule has 4 rings (SSSR count). The summed E-state index contributed by atoms with van der Waals surface area (Å²) in [5, 5.41) is 3.05. The zero-order chi connectivity index (χ0) is 20.8. The molecule has 1 N–H and O–H groups in total. The molecule has 160 valence electrons. The molecule has 2 aromatic carbocycles. The minimum Gasteiger partial charge on any atom is -0.481 e. The van der Waals surface area contributed by atoms with Gasteiger partial charge in [-0.1, -0.05) is 30.3 Å². The number of fused-ring (bicyclic) bond motifs is 1. The molecular weight excluding hydrogens is 376 g/mol. The molecule has 30 heavy (non-hydrogen) atoms. The van der Waals surface area contributed by atoms with Crippen molar-refractivity contribution in [2.24, 2.45) is 0 Å². The van der Waals surface area contributed by atoms with Crippen molar-refractivity contribution >= 4 is 5.91 Å². The molecule has 1 aliphatic heterocycles. The topological polar surface area (TPSA) is 50.8 Å². The average Bonchev–Trinajstić information content (AvgIpc) is 2.79. The Labute approximate surface area is 179 Å². The number of carbonyl (C=O) groups excluding carboxylic acids is 1. The van der Waals surface area contributed by atoms with E-state index in [9.17, 15) is 4.79 Å². The molecule has 0 unspecified atom stereocenters. The summed E-state index contributed by atoms with van der Waals surface area (Å²) in [6, 6.07) is 14.6. The monoisotopic (exact) mass is 408 g/mol. The van der Waals surface area contributed by atoms with E-state index in [0.717, 1.165) is 57.0 Å². The van der Waals surface area contributed by atoms with E-state index in [1.165, 1.54) is 29.5 Å². The molecule has 1 amide bonds. The maximum absolute atomic E-state index is 12.6. The van der Waals surface area contributed by atoms with Crippen LogP contribution in [0, 0.1) is 0 Å². The SMILES string of the molecule is C[C@@H](Oc1ccc2c(c1)CCCC2)C(=O)NCc1ccccc1CN1CCOCC1. The quantitative estimate of drug-likeness (QED) is 0.762. The molecule has 0 saturated carbocycles. The third-order valence-electron chi connectivity index (χ3n) is 6.07. The van der Waals surface area contributed by atoms with Crippen molar-refractivity contribution in [3.8, 4) is 5.75 Å². The smallest absolute Gasteiger partial charge is 0.261 e. The van der Waals surface area contributed by atoms with E-state index in [2.05, 4.69) is 40.5 Å². The van der Waals surface area contributed by atoms with Gasteiger partial charge in [0.1, 0.15) is 5.75 Å². The number of morpholine rings is 1. The first-order valence-corrected chi connectivity index (χ1v) is 11.1. The van der Waals surface area contributed by atoms with Gasteiger partial charge in [0.25, 0.3) is 5.91 Å². The third-order valence-corrected chi connectivity index (χ3v) is 6.07. The van der Waals surface area contributed by atoms with E-state index in [0.29, 0.717) is 6.54 Å². The number of rotatable bonds is 7. The fourth-order valence-corrected chi connectivity index (χ4v) is 4.25. The minimum absolute atomic E-state index is 0.0890. The maximum atomic E-state index is 12.6. The summed E-state index contributed by atoms with van der Waals surface area (Å²) < 4.78 is 11.4. The van der Waals surface area contributed by atoms with Crippen molar-refractivity contribution in [1.82, 2.24) is 10.2 Å². The Bertz CT molecular complexity index is 861. The zero-order valence-corrected chi connectivity index (χ0v) is 17.9. The van der Waals surface area contributed by atoms with Gasteiger partial charge in [0, 0.05) is 26.2 Å². The molecule has 2 aromatic rings. The molecule has 5 nitrogen and oxygen atoms in total. The van der Waals surface area contributed by atoms with Gasteiger partial charge < -0.3 is 14.8 Å². The Hall–Kier alpha value is -2.37. The summed E-state index contributed by atoms with van der Waals surface area (Å²) in [5.41, 5.74) is 5.19. The standard InChI is InChI=1S/C25H32N2O3/c1-19(30-24-11-10-20-6-2-3-7-21(20)16-24)25(28)26-17-22-8-4-5-9-23(22)18-27-12-14-29-15-13-27/h4-5,8-11,16,19H,2-3,6-7,12-15,17-18H2,1H3,(H,26,28)/t19-/m1/s1. The van der Waals surface area contributed by atoms with Crippen LogP contribution in [0.25, 0.3) is 0 Å². The van der Waals surface area contributed by atoms with Gasteiger partial charge >= 0.3 is 0 Å². The molecule has 1 heterocycles. The van der Waals surface area contributed by atoms with E-state index in [4.69, 9.17) is 9.47 Å². The zero-order valence-electron chi connectivity index (χ0n) is 17.9. The fraction of sp³-hybridized carbons (Fsp3) is 0.480. The van der Waals surface area contributed by atoms with Crippen LogP contribution in [0.1, 0.15) is 42.0 Å². The van der Waals surface area contributed by atoms with E-state index >= 15 is 0 Å². The maximum Gasteiger partial charge on any atom is 0.261 e. The van der Waals surface area contributed by atoms with Gasteiger partial charge in [-0.05, 0) is 67.0 Å². The number of hydrogen-bond acceptors (Lipinski definition) is 4. The number of nitrogens with zero attached hydrogens (tertiary/aromatic N) is 1. The van der Waals surface area contributed by atoms with Crippen molar-refractivity contribution in [3.63, 3.8) is 0 Å². The number of benzene rings is 2. The molecular formula is C25H32N2O3. The van der Waals surface area contributed by atoms with Crippen LogP contribution < -0.4 is 10.1 Å². The highest BCUT2D eigenvalue weighted by atomic mass is 16.5. The van der Waals surface area contributed by atoms with Crippen molar-refractivity contribution in [1.29, 1.82) is 0 Å². The molecule has 1 saturated heterocycles. The number of aryl methyl sites for hydroxylation is 2. The van der Waals surface area contributed by atoms with Gasteiger partial charge in [0.15, 0.2) is 6.10 Å². The number of hydrogen-bond donors (Lipinski definition) is 1. The molecule has 5 heteroatoms. The summed E-state index contributed by atoms with van der Waals surface area (Å²) in [5.74, 6) is 0.694. The lowest BCUT2D eigenvalue weighted by Gasteiger charge is -2.27. The van der Waals surface area contributed by atoms with Crippen LogP contribution in [0.3, 0.4) is 0 Å². The molecule has 0 spiro atoms. The van der Waals surface area contributed by atoms with Gasteiger partial charge in [-0.25, -0.2) is 0 Å². The summed E-state index contributed by atoms with van der Waals surface area (Å²) in [6.07, 6.45) is 4.22. The molecule has 0 aromatic heterocycles. The minimum atomic E-state index is -0.530. The summed E-state index contributed by atoms with van der Waals surface area (Å²) in [7, 11) is 0. The van der Waals surface area contributed by atoms with Crippen molar-refractivity contribution < 1.29 is 14.3 Å². The number of nitrogens with one attached hydrogen (secondary N) is 1. The second-order valence-electron chi connectivity index (χ2n) is 8.27. The van der Waals surface area contributed by atoms with Gasteiger partial charge in [0.05, 0.1) is 13.2 Å². The second kappa shape index (κ2) is 10.1. The predicted octanol–water partition coefficient (Wildman–Crippen LogP) is 3.48. The van der Waals surface area contributed by atoms with Crippen LogP contribution in [0.4, 0.5) is 0 Å². The first-order valence-electron chi connectivity index (χ1n) is 11.1. The lowest BCUT2D eigenvalue weighted by atomic mass is 9.92. The van der Waals surface area contributed by atoms with E-state index in [-0.39, 0.29) is 5.91 Å². The van der Waals surface area contributed by atoms with Crippen LogP contribution >= 0.6 is 0 Å². The highest BCUT2D eigenvalue weighted by Crippen LogP contribution is 2.26. The summed E-state index contributed by atoms with van der Waals surface area (Å²) >= 11 is 0. The molecule has 0 radical (unpaired) electrons. The van der Waals surface area contributed by atoms with Crippen molar-refractivity contribution in [2.75, 3.05) is 26.3 Å². The van der Waals surface area contributed by atoms with Crippen LogP contribution in [-0.4, -0.2) is 43.2 Å². The van der Waals surface area contributed by atoms with Gasteiger partial charge in [-0.15, -0.1) is 0 Å².